The molecule has 0 radical (unpaired) electrons. The first-order chi connectivity index (χ1) is 10.6. The monoisotopic (exact) mass is 306 g/mol. The third-order valence-electron chi connectivity index (χ3n) is 3.37. The predicted octanol–water partition coefficient (Wildman–Crippen LogP) is 0.745. The molecule has 1 aliphatic rings. The van der Waals surface area contributed by atoms with Crippen molar-refractivity contribution in [1.29, 1.82) is 0 Å². The molecule has 0 aliphatic carbocycles. The van der Waals surface area contributed by atoms with Gasteiger partial charge in [-0.15, -0.1) is 0 Å². The van der Waals surface area contributed by atoms with E-state index >= 15 is 0 Å². The van der Waals surface area contributed by atoms with Crippen LogP contribution in [0.3, 0.4) is 0 Å². The number of carbonyl (C=O) groups is 2. The van der Waals surface area contributed by atoms with Crippen molar-refractivity contribution in [2.75, 3.05) is 31.5 Å². The highest BCUT2D eigenvalue weighted by Gasteiger charge is 2.20. The summed E-state index contributed by atoms with van der Waals surface area (Å²) < 4.78 is 0. The van der Waals surface area contributed by atoms with Crippen molar-refractivity contribution >= 4 is 23.2 Å². The fourth-order valence-electron chi connectivity index (χ4n) is 2.18. The van der Waals surface area contributed by atoms with Gasteiger partial charge in [-0.25, -0.2) is 0 Å². The molecule has 1 aromatic rings. The van der Waals surface area contributed by atoms with Crippen LogP contribution in [0.5, 0.6) is 0 Å². The summed E-state index contributed by atoms with van der Waals surface area (Å²) in [5.74, 6) is -0.149. The summed E-state index contributed by atoms with van der Waals surface area (Å²) in [6.45, 7) is 1.78. The van der Waals surface area contributed by atoms with Crippen LogP contribution in [0, 0.1) is 10.1 Å². The second-order valence-corrected chi connectivity index (χ2v) is 5.00. The number of nitrogens with zero attached hydrogens (tertiary/aromatic N) is 2. The van der Waals surface area contributed by atoms with Gasteiger partial charge in [0.25, 0.3) is 5.69 Å². The predicted molar refractivity (Wildman–Crippen MR) is 80.4 cm³/mol. The van der Waals surface area contributed by atoms with E-state index in [1.807, 2.05) is 0 Å². The molecule has 1 fully saturated rings. The van der Waals surface area contributed by atoms with Gasteiger partial charge < -0.3 is 15.5 Å². The van der Waals surface area contributed by atoms with Crippen molar-refractivity contribution in [3.8, 4) is 0 Å². The van der Waals surface area contributed by atoms with E-state index in [0.717, 1.165) is 5.69 Å². The molecular weight excluding hydrogens is 288 g/mol. The van der Waals surface area contributed by atoms with Crippen molar-refractivity contribution in [1.82, 2.24) is 10.2 Å². The second-order valence-electron chi connectivity index (χ2n) is 5.00. The van der Waals surface area contributed by atoms with Crippen LogP contribution in [-0.4, -0.2) is 47.8 Å². The molecule has 8 nitrogen and oxygen atoms in total. The Balaban J connectivity index is 1.69. The molecule has 2 N–H and O–H groups in total. The van der Waals surface area contributed by atoms with Gasteiger partial charge in [-0.2, -0.15) is 0 Å². The Morgan fingerprint density at radius 2 is 2.09 bits per heavy atom. The summed E-state index contributed by atoms with van der Waals surface area (Å²) >= 11 is 0. The summed E-state index contributed by atoms with van der Waals surface area (Å²) in [4.78, 5) is 34.8. The average Bonchev–Trinajstić information content (AvgIpc) is 2.51. The van der Waals surface area contributed by atoms with E-state index in [1.165, 1.54) is 12.1 Å². The van der Waals surface area contributed by atoms with E-state index in [1.54, 1.807) is 17.0 Å². The molecule has 2 rings (SSSR count). The molecular formula is C14H18N4O4. The number of carbonyl (C=O) groups excluding carboxylic acids is 2. The smallest absolute Gasteiger partial charge is 0.269 e. The number of nitro benzene ring substituents is 1. The van der Waals surface area contributed by atoms with Gasteiger partial charge >= 0.3 is 0 Å². The fraction of sp³-hybridized carbons (Fsp3) is 0.429. The van der Waals surface area contributed by atoms with Crippen LogP contribution >= 0.6 is 0 Å². The molecule has 0 bridgehead atoms. The number of amides is 2. The molecule has 2 amide bonds. The molecule has 0 atom stereocenters. The molecule has 0 unspecified atom stereocenters. The minimum Gasteiger partial charge on any atom is -0.385 e. The van der Waals surface area contributed by atoms with Crippen LogP contribution in [0.25, 0.3) is 0 Å². The van der Waals surface area contributed by atoms with E-state index in [4.69, 9.17) is 0 Å². The zero-order chi connectivity index (χ0) is 15.9. The van der Waals surface area contributed by atoms with Crippen molar-refractivity contribution < 1.29 is 14.5 Å². The topological polar surface area (TPSA) is 105 Å². The highest BCUT2D eigenvalue weighted by molar-refractivity contribution is 5.85. The number of nitrogens with one attached hydrogen (secondary N) is 2. The number of benzene rings is 1. The van der Waals surface area contributed by atoms with Crippen LogP contribution in [0.2, 0.25) is 0 Å². The number of piperazine rings is 1. The SMILES string of the molecule is O=C1CN(C(=O)CCCNc2ccc([N+](=O)[O-])cc2)CCN1. The minimum absolute atomic E-state index is 0.0275. The summed E-state index contributed by atoms with van der Waals surface area (Å²) in [6, 6.07) is 6.13. The lowest BCUT2D eigenvalue weighted by molar-refractivity contribution is -0.384. The molecule has 0 aromatic heterocycles. The number of hydrogen-bond acceptors (Lipinski definition) is 5. The molecule has 0 spiro atoms. The average molecular weight is 306 g/mol. The van der Waals surface area contributed by atoms with Gasteiger partial charge in [0.2, 0.25) is 11.8 Å². The molecule has 118 valence electrons. The summed E-state index contributed by atoms with van der Waals surface area (Å²) in [5, 5.41) is 16.3. The first-order valence-corrected chi connectivity index (χ1v) is 7.09. The summed E-state index contributed by atoms with van der Waals surface area (Å²) in [5.41, 5.74) is 0.819. The maximum Gasteiger partial charge on any atom is 0.269 e. The van der Waals surface area contributed by atoms with Gasteiger partial charge in [0.1, 0.15) is 0 Å². The van der Waals surface area contributed by atoms with E-state index in [9.17, 15) is 19.7 Å². The number of hydrogen-bond donors (Lipinski definition) is 2. The molecule has 1 saturated heterocycles. The van der Waals surface area contributed by atoms with Crippen LogP contribution < -0.4 is 10.6 Å². The first-order valence-electron chi connectivity index (χ1n) is 7.09. The minimum atomic E-state index is -0.447. The van der Waals surface area contributed by atoms with Crippen molar-refractivity contribution in [2.24, 2.45) is 0 Å². The summed E-state index contributed by atoms with van der Waals surface area (Å²) in [6.07, 6.45) is 1.00. The lowest BCUT2D eigenvalue weighted by Crippen LogP contribution is -2.49. The molecule has 1 heterocycles. The van der Waals surface area contributed by atoms with E-state index in [2.05, 4.69) is 10.6 Å². The van der Waals surface area contributed by atoms with Gasteiger partial charge in [-0.3, -0.25) is 19.7 Å². The zero-order valence-electron chi connectivity index (χ0n) is 12.1. The Kier molecular flexibility index (Phi) is 5.29. The Labute approximate surface area is 127 Å². The van der Waals surface area contributed by atoms with Gasteiger partial charge in [-0.1, -0.05) is 0 Å². The molecule has 8 heteroatoms. The third kappa shape index (κ3) is 4.44. The third-order valence-corrected chi connectivity index (χ3v) is 3.37. The molecule has 1 aliphatic heterocycles. The Bertz CT molecular complexity index is 558. The van der Waals surface area contributed by atoms with Gasteiger partial charge in [0.15, 0.2) is 0 Å². The van der Waals surface area contributed by atoms with Gasteiger partial charge in [0.05, 0.1) is 11.5 Å². The van der Waals surface area contributed by atoms with Crippen LogP contribution in [0.15, 0.2) is 24.3 Å². The number of nitro groups is 1. The summed E-state index contributed by atoms with van der Waals surface area (Å²) in [7, 11) is 0. The van der Waals surface area contributed by atoms with Gasteiger partial charge in [-0.05, 0) is 18.6 Å². The van der Waals surface area contributed by atoms with Crippen molar-refractivity contribution in [3.05, 3.63) is 34.4 Å². The van der Waals surface area contributed by atoms with Gasteiger partial charge in [0, 0.05) is 43.9 Å². The lowest BCUT2D eigenvalue weighted by Gasteiger charge is -2.26. The van der Waals surface area contributed by atoms with Crippen molar-refractivity contribution in [2.45, 2.75) is 12.8 Å². The van der Waals surface area contributed by atoms with Crippen LogP contribution in [0.4, 0.5) is 11.4 Å². The quantitative estimate of drug-likeness (QED) is 0.458. The highest BCUT2D eigenvalue weighted by Crippen LogP contribution is 2.15. The Hall–Kier alpha value is -2.64. The lowest BCUT2D eigenvalue weighted by atomic mass is 10.2. The van der Waals surface area contributed by atoms with Crippen LogP contribution in [0.1, 0.15) is 12.8 Å². The second kappa shape index (κ2) is 7.39. The van der Waals surface area contributed by atoms with Crippen molar-refractivity contribution in [3.63, 3.8) is 0 Å². The zero-order valence-corrected chi connectivity index (χ0v) is 12.1. The molecule has 0 saturated carbocycles. The van der Waals surface area contributed by atoms with Crippen LogP contribution in [-0.2, 0) is 9.59 Å². The largest absolute Gasteiger partial charge is 0.385 e. The Morgan fingerprint density at radius 1 is 1.36 bits per heavy atom. The maximum absolute atomic E-state index is 11.9. The standard InChI is InChI=1S/C14H18N4O4/c19-13-10-17(9-8-16-13)14(20)2-1-7-15-11-3-5-12(6-4-11)18(21)22/h3-6,15H,1-2,7-10H2,(H,16,19). The highest BCUT2D eigenvalue weighted by atomic mass is 16.6. The van der Waals surface area contributed by atoms with E-state index in [0.29, 0.717) is 32.5 Å². The normalized spacial score (nSPS) is 14.4. The molecule has 1 aromatic carbocycles. The van der Waals surface area contributed by atoms with E-state index < -0.39 is 4.92 Å². The number of anilines is 1. The Morgan fingerprint density at radius 3 is 2.73 bits per heavy atom. The fourth-order valence-corrected chi connectivity index (χ4v) is 2.18. The molecule has 22 heavy (non-hydrogen) atoms. The van der Waals surface area contributed by atoms with E-state index in [-0.39, 0.29) is 24.0 Å². The first kappa shape index (κ1) is 15.7. The maximum atomic E-state index is 11.9. The number of non-ortho nitro benzene ring substituents is 1. The number of rotatable bonds is 6.